The lowest BCUT2D eigenvalue weighted by atomic mass is 9.90. The molecule has 5 rings (SSSR count). The maximum atomic E-state index is 13.4. The molecule has 0 N–H and O–H groups in total. The van der Waals surface area contributed by atoms with Crippen LogP contribution in [0.25, 0.3) is 0 Å². The van der Waals surface area contributed by atoms with E-state index in [9.17, 15) is 9.59 Å². The van der Waals surface area contributed by atoms with E-state index in [0.29, 0.717) is 5.69 Å². The van der Waals surface area contributed by atoms with Crippen molar-refractivity contribution in [1.29, 1.82) is 0 Å². The molecule has 3 atom stereocenters. The number of rotatable bonds is 2. The molecule has 6 heteroatoms. The van der Waals surface area contributed by atoms with Crippen LogP contribution in [0.5, 0.6) is 0 Å². The lowest BCUT2D eigenvalue weighted by Gasteiger charge is -2.30. The second-order valence-electron chi connectivity index (χ2n) is 6.97. The number of imide groups is 1. The molecular weight excluding hydrogens is 394 g/mol. The molecule has 5 nitrogen and oxygen atoms in total. The van der Waals surface area contributed by atoms with Crippen LogP contribution >= 0.6 is 15.9 Å². The molecule has 0 saturated carbocycles. The summed E-state index contributed by atoms with van der Waals surface area (Å²) >= 11 is 3.49. The van der Waals surface area contributed by atoms with Gasteiger partial charge in [0.05, 0.1) is 17.6 Å². The Labute approximate surface area is 160 Å². The second-order valence-corrected chi connectivity index (χ2v) is 7.82. The van der Waals surface area contributed by atoms with Crippen LogP contribution in [-0.2, 0) is 9.59 Å². The molecule has 2 amide bonds. The van der Waals surface area contributed by atoms with E-state index in [4.69, 9.17) is 0 Å². The first kappa shape index (κ1) is 16.2. The Balaban J connectivity index is 1.61. The lowest BCUT2D eigenvalue weighted by molar-refractivity contribution is -0.126. The summed E-state index contributed by atoms with van der Waals surface area (Å²) in [5.74, 6) is -0.579. The highest BCUT2D eigenvalue weighted by Gasteiger charge is 2.62. The summed E-state index contributed by atoms with van der Waals surface area (Å²) in [6.45, 7) is 1.72. The van der Waals surface area contributed by atoms with E-state index in [1.807, 2.05) is 42.5 Å². The highest BCUT2D eigenvalue weighted by Crippen LogP contribution is 2.49. The van der Waals surface area contributed by atoms with Gasteiger partial charge in [0.1, 0.15) is 6.04 Å². The number of para-hydroxylation sites is 1. The zero-order valence-electron chi connectivity index (χ0n) is 14.1. The second kappa shape index (κ2) is 6.01. The molecule has 0 aromatic heterocycles. The number of benzene rings is 2. The zero-order chi connectivity index (χ0) is 17.8. The van der Waals surface area contributed by atoms with Gasteiger partial charge in [-0.3, -0.25) is 9.59 Å². The summed E-state index contributed by atoms with van der Waals surface area (Å²) in [4.78, 5) is 28.1. The molecule has 0 aliphatic carbocycles. The Morgan fingerprint density at radius 2 is 1.46 bits per heavy atom. The standard InChI is InChI=1S/C20H18BrN3O2/c21-14-9-4-5-10-15(14)24-19(25)16-17(13-7-2-1-3-8-13)22-11-6-12-23(22)18(16)20(24)26/h1-5,7-10,16-18H,6,11-12H2/t16-,17-,18+/m1/s1. The van der Waals surface area contributed by atoms with Crippen LogP contribution in [0.1, 0.15) is 18.0 Å². The number of amides is 2. The number of nitrogens with zero attached hydrogens (tertiary/aromatic N) is 3. The molecule has 3 aliphatic rings. The third-order valence-corrected chi connectivity index (χ3v) is 6.31. The van der Waals surface area contributed by atoms with Crippen molar-refractivity contribution in [3.8, 4) is 0 Å². The van der Waals surface area contributed by atoms with Gasteiger partial charge >= 0.3 is 0 Å². The molecule has 3 fully saturated rings. The smallest absolute Gasteiger partial charge is 0.253 e. The van der Waals surface area contributed by atoms with Gasteiger partial charge in [-0.25, -0.2) is 14.9 Å². The normalized spacial score (nSPS) is 28.7. The Hall–Kier alpha value is -2.02. The van der Waals surface area contributed by atoms with Gasteiger partial charge in [0.2, 0.25) is 5.91 Å². The van der Waals surface area contributed by atoms with Crippen molar-refractivity contribution in [3.63, 3.8) is 0 Å². The quantitative estimate of drug-likeness (QED) is 0.712. The topological polar surface area (TPSA) is 43.9 Å². The number of hydrogen-bond acceptors (Lipinski definition) is 4. The fourth-order valence-corrected chi connectivity index (χ4v) is 5.10. The van der Waals surface area contributed by atoms with Gasteiger partial charge in [-0.15, -0.1) is 0 Å². The SMILES string of the molecule is O=C1[C@H]2[C@@H](C(=O)N1c1ccccc1Br)N1CCCN1[C@@H]2c1ccccc1. The molecule has 3 saturated heterocycles. The third kappa shape index (κ3) is 2.16. The van der Waals surface area contributed by atoms with E-state index in [0.717, 1.165) is 29.5 Å². The zero-order valence-corrected chi connectivity index (χ0v) is 15.7. The van der Waals surface area contributed by atoms with Gasteiger partial charge in [0.25, 0.3) is 5.91 Å². The number of anilines is 1. The van der Waals surface area contributed by atoms with E-state index in [1.54, 1.807) is 0 Å². The van der Waals surface area contributed by atoms with Gasteiger partial charge in [-0.2, -0.15) is 0 Å². The number of carbonyl (C=O) groups excluding carboxylic acids is 2. The molecule has 0 unspecified atom stereocenters. The van der Waals surface area contributed by atoms with Crippen LogP contribution in [0.15, 0.2) is 59.1 Å². The average molecular weight is 412 g/mol. The van der Waals surface area contributed by atoms with Crippen LogP contribution in [0.3, 0.4) is 0 Å². The summed E-state index contributed by atoms with van der Waals surface area (Å²) in [6.07, 6.45) is 1.02. The molecule has 3 aliphatic heterocycles. The molecule has 0 bridgehead atoms. The van der Waals surface area contributed by atoms with E-state index in [2.05, 4.69) is 38.1 Å². The van der Waals surface area contributed by atoms with Gasteiger partial charge < -0.3 is 0 Å². The van der Waals surface area contributed by atoms with Crippen molar-refractivity contribution in [2.75, 3.05) is 18.0 Å². The van der Waals surface area contributed by atoms with Crippen molar-refractivity contribution in [1.82, 2.24) is 10.0 Å². The van der Waals surface area contributed by atoms with Crippen LogP contribution in [0.4, 0.5) is 5.69 Å². The minimum atomic E-state index is -0.401. The number of hydrazine groups is 1. The fourth-order valence-electron chi connectivity index (χ4n) is 4.63. The molecule has 26 heavy (non-hydrogen) atoms. The molecular formula is C20H18BrN3O2. The van der Waals surface area contributed by atoms with Crippen LogP contribution in [0.2, 0.25) is 0 Å². The van der Waals surface area contributed by atoms with E-state index >= 15 is 0 Å². The minimum absolute atomic E-state index is 0.0763. The van der Waals surface area contributed by atoms with Gasteiger partial charge in [-0.1, -0.05) is 42.5 Å². The average Bonchev–Trinajstić information content (AvgIpc) is 3.29. The molecule has 2 aromatic rings. The lowest BCUT2D eigenvalue weighted by Crippen LogP contribution is -2.44. The van der Waals surface area contributed by atoms with E-state index in [1.165, 1.54) is 4.90 Å². The monoisotopic (exact) mass is 411 g/mol. The van der Waals surface area contributed by atoms with Gasteiger partial charge in [0, 0.05) is 17.6 Å². The highest BCUT2D eigenvalue weighted by molar-refractivity contribution is 9.10. The fraction of sp³-hybridized carbons (Fsp3) is 0.300. The Morgan fingerprint density at radius 3 is 2.19 bits per heavy atom. The first-order chi connectivity index (χ1) is 12.7. The Kier molecular flexibility index (Phi) is 3.74. The molecule has 2 aromatic carbocycles. The van der Waals surface area contributed by atoms with Crippen molar-refractivity contribution >= 4 is 33.4 Å². The number of carbonyl (C=O) groups is 2. The number of fused-ring (bicyclic) bond motifs is 3. The van der Waals surface area contributed by atoms with Crippen LogP contribution < -0.4 is 4.90 Å². The first-order valence-corrected chi connectivity index (χ1v) is 9.68. The summed E-state index contributed by atoms with van der Waals surface area (Å²) < 4.78 is 0.760. The maximum Gasteiger partial charge on any atom is 0.253 e. The Morgan fingerprint density at radius 1 is 0.808 bits per heavy atom. The summed E-state index contributed by atoms with van der Waals surface area (Å²) in [7, 11) is 0. The summed E-state index contributed by atoms with van der Waals surface area (Å²) in [6, 6.07) is 17.0. The molecule has 0 spiro atoms. The van der Waals surface area contributed by atoms with Crippen molar-refractivity contribution in [2.45, 2.75) is 18.5 Å². The number of hydrogen-bond donors (Lipinski definition) is 0. The third-order valence-electron chi connectivity index (χ3n) is 5.64. The van der Waals surface area contributed by atoms with Crippen LogP contribution in [0, 0.1) is 5.92 Å². The van der Waals surface area contributed by atoms with Crippen molar-refractivity contribution in [2.24, 2.45) is 5.92 Å². The Bertz CT molecular complexity index is 888. The molecule has 3 heterocycles. The van der Waals surface area contributed by atoms with Crippen molar-refractivity contribution < 1.29 is 9.59 Å². The maximum absolute atomic E-state index is 13.4. The molecule has 132 valence electrons. The van der Waals surface area contributed by atoms with E-state index in [-0.39, 0.29) is 23.8 Å². The summed E-state index contributed by atoms with van der Waals surface area (Å²) in [5.41, 5.74) is 1.73. The van der Waals surface area contributed by atoms with Crippen molar-refractivity contribution in [3.05, 3.63) is 64.6 Å². The molecule has 0 radical (unpaired) electrons. The predicted octanol–water partition coefficient (Wildman–Crippen LogP) is 2.98. The number of halogens is 1. The summed E-state index contributed by atoms with van der Waals surface area (Å²) in [5, 5.41) is 4.36. The predicted molar refractivity (Wildman–Crippen MR) is 101 cm³/mol. The van der Waals surface area contributed by atoms with Gasteiger partial charge in [-0.05, 0) is 40.0 Å². The van der Waals surface area contributed by atoms with Gasteiger partial charge in [0.15, 0.2) is 0 Å². The minimum Gasteiger partial charge on any atom is -0.274 e. The highest BCUT2D eigenvalue weighted by atomic mass is 79.9. The first-order valence-electron chi connectivity index (χ1n) is 8.89. The largest absolute Gasteiger partial charge is 0.274 e. The van der Waals surface area contributed by atoms with E-state index < -0.39 is 6.04 Å². The van der Waals surface area contributed by atoms with Crippen LogP contribution in [-0.4, -0.2) is 41.0 Å².